The summed E-state index contributed by atoms with van der Waals surface area (Å²) in [5.41, 5.74) is 0.278. The number of hydrogen-bond acceptors (Lipinski definition) is 6. The second kappa shape index (κ2) is 8.61. The molecule has 2 aliphatic heterocycles. The van der Waals surface area contributed by atoms with Gasteiger partial charge in [-0.1, -0.05) is 18.2 Å². The molecule has 2 aromatic rings. The number of anilines is 1. The zero-order chi connectivity index (χ0) is 24.8. The molecule has 178 valence electrons. The van der Waals surface area contributed by atoms with E-state index in [-0.39, 0.29) is 17.9 Å². The molecule has 2 aliphatic rings. The predicted octanol–water partition coefficient (Wildman–Crippen LogP) is 2.51. The van der Waals surface area contributed by atoms with Gasteiger partial charge in [0.25, 0.3) is 17.6 Å². The molecule has 0 aromatic heterocycles. The van der Waals surface area contributed by atoms with Gasteiger partial charge in [-0.2, -0.15) is 0 Å². The Morgan fingerprint density at radius 2 is 1.82 bits per heavy atom. The number of aliphatic hydroxyl groups excluding tert-OH is 1. The van der Waals surface area contributed by atoms with Gasteiger partial charge >= 0.3 is 0 Å². The van der Waals surface area contributed by atoms with E-state index < -0.39 is 23.1 Å². The minimum atomic E-state index is -1.72. The number of likely N-dealkylation sites (N-methyl/N-ethyl adjacent to an activating group) is 1. The van der Waals surface area contributed by atoms with Gasteiger partial charge < -0.3 is 24.5 Å². The normalized spacial score (nSPS) is 21.2. The van der Waals surface area contributed by atoms with Gasteiger partial charge in [-0.05, 0) is 63.8 Å². The van der Waals surface area contributed by atoms with Crippen LogP contribution in [0.4, 0.5) is 5.69 Å². The summed E-state index contributed by atoms with van der Waals surface area (Å²) in [7, 11) is 7.00. The Kier molecular flexibility index (Phi) is 5.95. The molecule has 0 bridgehead atoms. The highest BCUT2D eigenvalue weighted by Gasteiger charge is 2.66. The number of carbonyl (C=O) groups excluding carboxylic acids is 3. The third-order valence-electron chi connectivity index (χ3n) is 6.59. The largest absolute Gasteiger partial charge is 0.507 e. The van der Waals surface area contributed by atoms with Crippen LogP contribution in [0.2, 0.25) is 0 Å². The molecule has 0 radical (unpaired) electrons. The summed E-state index contributed by atoms with van der Waals surface area (Å²) in [6.45, 7) is 2.67. The molecule has 2 heterocycles. The second-order valence-corrected chi connectivity index (χ2v) is 8.94. The Bertz CT molecular complexity index is 1220. The number of methoxy groups -OCH3 is 1. The molecule has 4 rings (SSSR count). The van der Waals surface area contributed by atoms with Crippen LogP contribution in [-0.4, -0.2) is 73.8 Å². The number of hydrogen-bond donors (Lipinski definition) is 1. The smallest absolute Gasteiger partial charge is 0.296 e. The van der Waals surface area contributed by atoms with Gasteiger partial charge in [0.05, 0.1) is 12.7 Å². The van der Waals surface area contributed by atoms with Gasteiger partial charge in [0.15, 0.2) is 5.54 Å². The summed E-state index contributed by atoms with van der Waals surface area (Å²) >= 11 is 0. The van der Waals surface area contributed by atoms with E-state index in [0.29, 0.717) is 35.5 Å². The lowest BCUT2D eigenvalue weighted by atomic mass is 9.81. The average Bonchev–Trinajstić information content (AvgIpc) is 3.17. The van der Waals surface area contributed by atoms with Crippen LogP contribution in [0.5, 0.6) is 5.75 Å². The van der Waals surface area contributed by atoms with Crippen LogP contribution in [0.1, 0.15) is 23.1 Å². The number of likely N-dealkylation sites (tertiary alicyclic amines) is 1. The fraction of sp³-hybridized carbons (Fsp3) is 0.346. The Labute approximate surface area is 199 Å². The summed E-state index contributed by atoms with van der Waals surface area (Å²) in [5, 5.41) is 11.4. The number of para-hydroxylation sites is 1. The molecule has 0 saturated carbocycles. The van der Waals surface area contributed by atoms with Crippen molar-refractivity contribution in [3.8, 4) is 5.75 Å². The van der Waals surface area contributed by atoms with Crippen molar-refractivity contribution in [2.75, 3.05) is 46.2 Å². The first-order valence-corrected chi connectivity index (χ1v) is 11.1. The van der Waals surface area contributed by atoms with Crippen molar-refractivity contribution in [1.82, 2.24) is 9.80 Å². The monoisotopic (exact) mass is 463 g/mol. The Morgan fingerprint density at radius 3 is 2.47 bits per heavy atom. The number of carbonyl (C=O) groups is 3. The molecule has 1 atom stereocenters. The van der Waals surface area contributed by atoms with Gasteiger partial charge in [-0.15, -0.1) is 0 Å². The maximum absolute atomic E-state index is 13.9. The molecule has 1 unspecified atom stereocenters. The van der Waals surface area contributed by atoms with E-state index in [2.05, 4.69) is 0 Å². The molecule has 2 aromatic carbocycles. The lowest BCUT2D eigenvalue weighted by Crippen LogP contribution is -2.51. The van der Waals surface area contributed by atoms with E-state index in [0.717, 1.165) is 5.56 Å². The van der Waals surface area contributed by atoms with Gasteiger partial charge in [0, 0.05) is 30.4 Å². The maximum Gasteiger partial charge on any atom is 0.296 e. The van der Waals surface area contributed by atoms with E-state index in [4.69, 9.17) is 4.74 Å². The quantitative estimate of drug-likeness (QED) is 0.402. The van der Waals surface area contributed by atoms with Crippen LogP contribution < -0.4 is 9.64 Å². The molecule has 8 heteroatoms. The molecule has 1 saturated heterocycles. The fourth-order valence-electron chi connectivity index (χ4n) is 4.99. The van der Waals surface area contributed by atoms with Gasteiger partial charge in [0.1, 0.15) is 11.5 Å². The Hall–Kier alpha value is -3.65. The molecule has 1 N–H and O–H groups in total. The number of fused-ring (bicyclic) bond motifs is 2. The topological polar surface area (TPSA) is 90.4 Å². The SMILES string of the molecule is COc1ccc(/C(O)=C2\C(=O)C(=O)N(CCCN(C)C)C23C(=O)N(C)c2ccccc23)cc1C. The highest BCUT2D eigenvalue weighted by Crippen LogP contribution is 2.53. The lowest BCUT2D eigenvalue weighted by Gasteiger charge is -2.34. The number of aryl methyl sites for hydroxylation is 1. The van der Waals surface area contributed by atoms with Crippen molar-refractivity contribution >= 4 is 29.0 Å². The lowest BCUT2D eigenvalue weighted by molar-refractivity contribution is -0.143. The number of Topliss-reactive ketones (excluding diaryl/α,β-unsaturated/α-hetero) is 1. The van der Waals surface area contributed by atoms with Crippen LogP contribution in [0, 0.1) is 6.92 Å². The minimum Gasteiger partial charge on any atom is -0.507 e. The van der Waals surface area contributed by atoms with Crippen LogP contribution in [0.25, 0.3) is 5.76 Å². The van der Waals surface area contributed by atoms with Crippen molar-refractivity contribution in [2.24, 2.45) is 0 Å². The van der Waals surface area contributed by atoms with E-state index in [9.17, 15) is 19.5 Å². The van der Waals surface area contributed by atoms with E-state index in [1.165, 1.54) is 9.80 Å². The first-order chi connectivity index (χ1) is 16.2. The number of nitrogens with zero attached hydrogens (tertiary/aromatic N) is 3. The average molecular weight is 464 g/mol. The summed E-state index contributed by atoms with van der Waals surface area (Å²) in [5.74, 6) is -1.85. The van der Waals surface area contributed by atoms with E-state index in [1.807, 2.05) is 25.9 Å². The number of benzene rings is 2. The van der Waals surface area contributed by atoms with Crippen LogP contribution in [0.15, 0.2) is 48.0 Å². The number of aliphatic hydroxyl groups is 1. The number of ketones is 1. The number of amides is 2. The fourth-order valence-corrected chi connectivity index (χ4v) is 4.99. The van der Waals surface area contributed by atoms with E-state index >= 15 is 0 Å². The second-order valence-electron chi connectivity index (χ2n) is 8.94. The summed E-state index contributed by atoms with van der Waals surface area (Å²) in [6.07, 6.45) is 0.558. The minimum absolute atomic E-state index is 0.190. The van der Waals surface area contributed by atoms with Crippen molar-refractivity contribution in [3.05, 3.63) is 64.7 Å². The molecule has 0 aliphatic carbocycles. The third-order valence-corrected chi connectivity index (χ3v) is 6.59. The molecule has 2 amide bonds. The first-order valence-electron chi connectivity index (χ1n) is 11.1. The van der Waals surface area contributed by atoms with Crippen molar-refractivity contribution in [3.63, 3.8) is 0 Å². The van der Waals surface area contributed by atoms with E-state index in [1.54, 1.807) is 56.6 Å². The highest BCUT2D eigenvalue weighted by molar-refractivity contribution is 6.50. The molecular formula is C26H29N3O5. The predicted molar refractivity (Wildman–Crippen MR) is 129 cm³/mol. The summed E-state index contributed by atoms with van der Waals surface area (Å²) in [4.78, 5) is 45.5. The Balaban J connectivity index is 1.98. The zero-order valence-corrected chi connectivity index (χ0v) is 20.1. The first kappa shape index (κ1) is 23.5. The van der Waals surface area contributed by atoms with Crippen LogP contribution in [-0.2, 0) is 19.9 Å². The third kappa shape index (κ3) is 3.28. The van der Waals surface area contributed by atoms with Crippen molar-refractivity contribution in [2.45, 2.75) is 18.9 Å². The molecule has 1 fully saturated rings. The molecule has 34 heavy (non-hydrogen) atoms. The highest BCUT2D eigenvalue weighted by atomic mass is 16.5. The number of ether oxygens (including phenoxy) is 1. The zero-order valence-electron chi connectivity index (χ0n) is 20.1. The molecule has 1 spiro atoms. The Morgan fingerprint density at radius 1 is 1.12 bits per heavy atom. The van der Waals surface area contributed by atoms with Crippen molar-refractivity contribution in [1.29, 1.82) is 0 Å². The summed E-state index contributed by atoms with van der Waals surface area (Å²) < 4.78 is 5.30. The maximum atomic E-state index is 13.9. The van der Waals surface area contributed by atoms with Crippen molar-refractivity contribution < 1.29 is 24.2 Å². The summed E-state index contributed by atoms with van der Waals surface area (Å²) in [6, 6.07) is 12.1. The molecular weight excluding hydrogens is 434 g/mol. The molecule has 8 nitrogen and oxygen atoms in total. The van der Waals surface area contributed by atoms with Crippen LogP contribution in [0.3, 0.4) is 0 Å². The number of rotatable bonds is 6. The van der Waals surface area contributed by atoms with Gasteiger partial charge in [0.2, 0.25) is 0 Å². The van der Waals surface area contributed by atoms with Gasteiger partial charge in [-0.3, -0.25) is 14.4 Å². The van der Waals surface area contributed by atoms with Gasteiger partial charge in [-0.25, -0.2) is 0 Å². The standard InChI is InChI=1S/C26H29N3O5/c1-16-15-17(11-12-20(16)34-5)22(30)21-23(31)24(32)29(14-8-13-27(2)3)26(21)18-9-6-7-10-19(18)28(4)25(26)33/h6-7,9-12,15,30H,8,13-14H2,1-5H3/b22-21-. The van der Waals surface area contributed by atoms with Crippen LogP contribution >= 0.6 is 0 Å².